The van der Waals surface area contributed by atoms with Crippen LogP contribution in [0.5, 0.6) is 0 Å². The van der Waals surface area contributed by atoms with Crippen LogP contribution in [0.25, 0.3) is 0 Å². The SMILES string of the molecule is CCNC(c1ccc(Br)cc1C)c1sccc1Br. The van der Waals surface area contributed by atoms with Gasteiger partial charge in [-0.25, -0.2) is 0 Å². The fraction of sp³-hybridized carbons (Fsp3) is 0.286. The number of thiophene rings is 1. The van der Waals surface area contributed by atoms with Crippen LogP contribution in [0.4, 0.5) is 0 Å². The Morgan fingerprint density at radius 3 is 2.61 bits per heavy atom. The lowest BCUT2D eigenvalue weighted by atomic mass is 10.00. The molecule has 1 atom stereocenters. The molecule has 1 N–H and O–H groups in total. The number of hydrogen-bond acceptors (Lipinski definition) is 2. The Hall–Kier alpha value is -0.160. The number of rotatable bonds is 4. The molecule has 4 heteroatoms. The fourth-order valence-corrected chi connectivity index (χ4v) is 4.19. The molecule has 1 aromatic heterocycles. The first-order valence-electron chi connectivity index (χ1n) is 5.85. The normalized spacial score (nSPS) is 12.7. The Bertz CT molecular complexity index is 536. The number of nitrogens with one attached hydrogen (secondary N) is 1. The second-order valence-electron chi connectivity index (χ2n) is 4.12. The lowest BCUT2D eigenvalue weighted by Crippen LogP contribution is -2.22. The molecule has 0 radical (unpaired) electrons. The molecule has 1 heterocycles. The van der Waals surface area contributed by atoms with Crippen molar-refractivity contribution in [3.63, 3.8) is 0 Å². The quantitative estimate of drug-likeness (QED) is 0.751. The van der Waals surface area contributed by atoms with Crippen molar-refractivity contribution in [2.45, 2.75) is 19.9 Å². The smallest absolute Gasteiger partial charge is 0.0684 e. The van der Waals surface area contributed by atoms with Gasteiger partial charge in [-0.15, -0.1) is 11.3 Å². The van der Waals surface area contributed by atoms with E-state index in [2.05, 4.69) is 80.7 Å². The van der Waals surface area contributed by atoms with E-state index in [0.29, 0.717) is 0 Å². The monoisotopic (exact) mass is 387 g/mol. The second kappa shape index (κ2) is 6.33. The predicted molar refractivity (Wildman–Crippen MR) is 86.4 cm³/mol. The van der Waals surface area contributed by atoms with Crippen molar-refractivity contribution in [2.75, 3.05) is 6.54 Å². The van der Waals surface area contributed by atoms with Crippen molar-refractivity contribution in [1.82, 2.24) is 5.32 Å². The summed E-state index contributed by atoms with van der Waals surface area (Å²) in [6.45, 7) is 5.25. The fourth-order valence-electron chi connectivity index (χ4n) is 2.02. The minimum atomic E-state index is 0.262. The van der Waals surface area contributed by atoms with E-state index in [1.807, 2.05) is 0 Å². The summed E-state index contributed by atoms with van der Waals surface area (Å²) in [7, 11) is 0. The minimum Gasteiger partial charge on any atom is -0.306 e. The van der Waals surface area contributed by atoms with E-state index in [0.717, 1.165) is 11.0 Å². The third-order valence-electron chi connectivity index (χ3n) is 2.86. The van der Waals surface area contributed by atoms with Gasteiger partial charge in [-0.2, -0.15) is 0 Å². The zero-order valence-electron chi connectivity index (χ0n) is 10.3. The lowest BCUT2D eigenvalue weighted by Gasteiger charge is -2.20. The van der Waals surface area contributed by atoms with Gasteiger partial charge in [0.25, 0.3) is 0 Å². The molecule has 0 saturated heterocycles. The summed E-state index contributed by atoms with van der Waals surface area (Å²) < 4.78 is 2.31. The summed E-state index contributed by atoms with van der Waals surface area (Å²) in [5.74, 6) is 0. The zero-order valence-corrected chi connectivity index (χ0v) is 14.3. The molecule has 0 spiro atoms. The average molecular weight is 389 g/mol. The van der Waals surface area contributed by atoms with E-state index in [-0.39, 0.29) is 6.04 Å². The highest BCUT2D eigenvalue weighted by Crippen LogP contribution is 2.35. The minimum absolute atomic E-state index is 0.262. The van der Waals surface area contributed by atoms with Crippen LogP contribution in [0.1, 0.15) is 29.0 Å². The topological polar surface area (TPSA) is 12.0 Å². The van der Waals surface area contributed by atoms with Crippen molar-refractivity contribution in [3.05, 3.63) is 54.6 Å². The van der Waals surface area contributed by atoms with Gasteiger partial charge in [-0.3, -0.25) is 0 Å². The van der Waals surface area contributed by atoms with Crippen LogP contribution >= 0.6 is 43.2 Å². The van der Waals surface area contributed by atoms with Gasteiger partial charge in [0.05, 0.1) is 6.04 Å². The third-order valence-corrected chi connectivity index (χ3v) is 5.29. The van der Waals surface area contributed by atoms with Gasteiger partial charge >= 0.3 is 0 Å². The van der Waals surface area contributed by atoms with Crippen LogP contribution in [0.2, 0.25) is 0 Å². The summed E-state index contributed by atoms with van der Waals surface area (Å²) in [6, 6.07) is 8.84. The molecule has 0 aliphatic carbocycles. The molecule has 0 amide bonds. The zero-order chi connectivity index (χ0) is 13.1. The Kier molecular flexibility index (Phi) is 5.01. The van der Waals surface area contributed by atoms with E-state index in [1.54, 1.807) is 11.3 Å². The Morgan fingerprint density at radius 2 is 2.06 bits per heavy atom. The maximum atomic E-state index is 3.63. The molecular formula is C14H15Br2NS. The van der Waals surface area contributed by atoms with Crippen LogP contribution in [0.15, 0.2) is 38.6 Å². The summed E-state index contributed by atoms with van der Waals surface area (Å²) in [5, 5.41) is 5.69. The van der Waals surface area contributed by atoms with Gasteiger partial charge in [0, 0.05) is 13.8 Å². The second-order valence-corrected chi connectivity index (χ2v) is 6.84. The van der Waals surface area contributed by atoms with E-state index < -0.39 is 0 Å². The lowest BCUT2D eigenvalue weighted by molar-refractivity contribution is 0.635. The molecule has 18 heavy (non-hydrogen) atoms. The van der Waals surface area contributed by atoms with Crippen molar-refractivity contribution in [3.8, 4) is 0 Å². The number of hydrogen-bond donors (Lipinski definition) is 1. The van der Waals surface area contributed by atoms with Crippen LogP contribution in [0.3, 0.4) is 0 Å². The van der Waals surface area contributed by atoms with E-state index in [4.69, 9.17) is 0 Å². The third kappa shape index (κ3) is 3.05. The number of benzene rings is 1. The van der Waals surface area contributed by atoms with Crippen LogP contribution in [-0.2, 0) is 0 Å². The van der Waals surface area contributed by atoms with Crippen molar-refractivity contribution in [1.29, 1.82) is 0 Å². The molecule has 0 aliphatic rings. The van der Waals surface area contributed by atoms with Gasteiger partial charge in [0.2, 0.25) is 0 Å². The number of aryl methyl sites for hydroxylation is 1. The highest BCUT2D eigenvalue weighted by atomic mass is 79.9. The van der Waals surface area contributed by atoms with Crippen molar-refractivity contribution < 1.29 is 0 Å². The number of halogens is 2. The standard InChI is InChI=1S/C14H15Br2NS/c1-3-17-13(14-12(16)6-7-18-14)11-5-4-10(15)8-9(11)2/h4-8,13,17H,3H2,1-2H3. The van der Waals surface area contributed by atoms with Crippen LogP contribution in [-0.4, -0.2) is 6.54 Å². The Morgan fingerprint density at radius 1 is 1.28 bits per heavy atom. The Balaban J connectivity index is 2.45. The summed E-state index contributed by atoms with van der Waals surface area (Å²) in [5.41, 5.74) is 2.64. The highest BCUT2D eigenvalue weighted by Gasteiger charge is 2.18. The van der Waals surface area contributed by atoms with Gasteiger partial charge in [-0.1, -0.05) is 28.9 Å². The molecular weight excluding hydrogens is 374 g/mol. The molecule has 2 rings (SSSR count). The van der Waals surface area contributed by atoms with E-state index in [9.17, 15) is 0 Å². The van der Waals surface area contributed by atoms with E-state index in [1.165, 1.54) is 20.5 Å². The molecule has 0 saturated carbocycles. The first-order chi connectivity index (χ1) is 8.63. The van der Waals surface area contributed by atoms with Gasteiger partial charge in [0.15, 0.2) is 0 Å². The molecule has 96 valence electrons. The van der Waals surface area contributed by atoms with Crippen molar-refractivity contribution >= 4 is 43.2 Å². The molecule has 1 aromatic carbocycles. The average Bonchev–Trinajstić information content (AvgIpc) is 2.73. The largest absolute Gasteiger partial charge is 0.306 e. The highest BCUT2D eigenvalue weighted by molar-refractivity contribution is 9.10. The molecule has 1 nitrogen and oxygen atoms in total. The molecule has 0 fully saturated rings. The summed E-state index contributed by atoms with van der Waals surface area (Å²) >= 11 is 8.94. The van der Waals surface area contributed by atoms with Crippen molar-refractivity contribution in [2.24, 2.45) is 0 Å². The van der Waals surface area contributed by atoms with E-state index >= 15 is 0 Å². The first-order valence-corrected chi connectivity index (χ1v) is 8.32. The van der Waals surface area contributed by atoms with Crippen LogP contribution in [0, 0.1) is 6.92 Å². The molecule has 0 aliphatic heterocycles. The molecule has 2 aromatic rings. The molecule has 0 bridgehead atoms. The summed E-state index contributed by atoms with van der Waals surface area (Å²) in [6.07, 6.45) is 0. The maximum absolute atomic E-state index is 3.63. The van der Waals surface area contributed by atoms with Gasteiger partial charge < -0.3 is 5.32 Å². The maximum Gasteiger partial charge on any atom is 0.0684 e. The predicted octanol–water partition coefficient (Wildman–Crippen LogP) is 5.28. The molecule has 1 unspecified atom stereocenters. The summed E-state index contributed by atoms with van der Waals surface area (Å²) in [4.78, 5) is 1.34. The first kappa shape index (κ1) is 14.3. The van der Waals surface area contributed by atoms with Crippen LogP contribution < -0.4 is 5.32 Å². The Labute approximate surface area is 129 Å². The van der Waals surface area contributed by atoms with Gasteiger partial charge in [-0.05, 0) is 64.1 Å². The van der Waals surface area contributed by atoms with Gasteiger partial charge in [0.1, 0.15) is 0 Å².